The van der Waals surface area contributed by atoms with Crippen molar-refractivity contribution < 1.29 is 18.7 Å². The van der Waals surface area contributed by atoms with Crippen LogP contribution >= 0.6 is 0 Å². The van der Waals surface area contributed by atoms with Gasteiger partial charge in [0.25, 0.3) is 0 Å². The number of carbonyl (C=O) groups excluding carboxylic acids is 1. The normalized spacial score (nSPS) is 10.2. The average Bonchev–Trinajstić information content (AvgIpc) is 2.43. The Kier molecular flexibility index (Phi) is 4.35. The standard InChI is InChI=1S/C16H15FO3/c1-11-7-8-12(9-15(11)19-2)10-16(18)20-14-6-4-3-5-13(14)17/h3-9H,10H2,1-2H3. The van der Waals surface area contributed by atoms with Crippen LogP contribution in [0.2, 0.25) is 0 Å². The van der Waals surface area contributed by atoms with Gasteiger partial charge in [-0.3, -0.25) is 4.79 Å². The highest BCUT2D eigenvalue weighted by atomic mass is 19.1. The van der Waals surface area contributed by atoms with Gasteiger partial charge in [0, 0.05) is 0 Å². The van der Waals surface area contributed by atoms with Crippen molar-refractivity contribution in [1.29, 1.82) is 0 Å². The first kappa shape index (κ1) is 14.1. The van der Waals surface area contributed by atoms with E-state index in [0.29, 0.717) is 5.75 Å². The van der Waals surface area contributed by atoms with Crippen molar-refractivity contribution in [2.24, 2.45) is 0 Å². The summed E-state index contributed by atoms with van der Waals surface area (Å²) in [5.74, 6) is -0.416. The molecule has 0 N–H and O–H groups in total. The predicted octanol–water partition coefficient (Wildman–Crippen LogP) is 3.29. The summed E-state index contributed by atoms with van der Waals surface area (Å²) in [5.41, 5.74) is 1.74. The van der Waals surface area contributed by atoms with Gasteiger partial charge in [0.15, 0.2) is 11.6 Å². The number of ether oxygens (including phenoxy) is 2. The van der Waals surface area contributed by atoms with Crippen LogP contribution < -0.4 is 9.47 Å². The van der Waals surface area contributed by atoms with Gasteiger partial charge in [-0.2, -0.15) is 0 Å². The third kappa shape index (κ3) is 3.35. The smallest absolute Gasteiger partial charge is 0.315 e. The number of aryl methyl sites for hydroxylation is 1. The van der Waals surface area contributed by atoms with Crippen molar-refractivity contribution >= 4 is 5.97 Å². The Labute approximate surface area is 117 Å². The molecule has 4 heteroatoms. The summed E-state index contributed by atoms with van der Waals surface area (Å²) < 4.78 is 23.6. The molecule has 0 spiro atoms. The number of hydrogen-bond donors (Lipinski definition) is 0. The molecule has 2 aromatic carbocycles. The molecule has 0 heterocycles. The number of rotatable bonds is 4. The second-order valence-corrected chi connectivity index (χ2v) is 4.39. The van der Waals surface area contributed by atoms with Crippen molar-refractivity contribution in [3.63, 3.8) is 0 Å². The molecule has 0 unspecified atom stereocenters. The zero-order valence-electron chi connectivity index (χ0n) is 11.4. The molecule has 104 valence electrons. The molecular formula is C16H15FO3. The van der Waals surface area contributed by atoms with Gasteiger partial charge in [0.2, 0.25) is 0 Å². The van der Waals surface area contributed by atoms with Crippen molar-refractivity contribution in [3.8, 4) is 11.5 Å². The highest BCUT2D eigenvalue weighted by Crippen LogP contribution is 2.20. The minimum Gasteiger partial charge on any atom is -0.496 e. The minimum absolute atomic E-state index is 0.0587. The Morgan fingerprint density at radius 3 is 2.60 bits per heavy atom. The molecule has 0 saturated carbocycles. The quantitative estimate of drug-likeness (QED) is 0.634. The number of halogens is 1. The lowest BCUT2D eigenvalue weighted by molar-refractivity contribution is -0.133. The minimum atomic E-state index is -0.553. The van der Waals surface area contributed by atoms with Crippen molar-refractivity contribution in [2.45, 2.75) is 13.3 Å². The van der Waals surface area contributed by atoms with Crippen LogP contribution in [-0.2, 0) is 11.2 Å². The third-order valence-electron chi connectivity index (χ3n) is 2.88. The zero-order chi connectivity index (χ0) is 14.5. The maximum atomic E-state index is 13.4. The molecule has 3 nitrogen and oxygen atoms in total. The Morgan fingerprint density at radius 2 is 1.90 bits per heavy atom. The summed E-state index contributed by atoms with van der Waals surface area (Å²) >= 11 is 0. The first-order valence-electron chi connectivity index (χ1n) is 6.19. The molecule has 0 fully saturated rings. The van der Waals surface area contributed by atoms with Crippen molar-refractivity contribution in [1.82, 2.24) is 0 Å². The summed E-state index contributed by atoms with van der Waals surface area (Å²) in [5, 5.41) is 0. The fourth-order valence-electron chi connectivity index (χ4n) is 1.83. The van der Waals surface area contributed by atoms with E-state index in [1.165, 1.54) is 18.2 Å². The maximum Gasteiger partial charge on any atom is 0.315 e. The second-order valence-electron chi connectivity index (χ2n) is 4.39. The molecule has 0 amide bonds. The second kappa shape index (κ2) is 6.19. The van der Waals surface area contributed by atoms with Gasteiger partial charge < -0.3 is 9.47 Å². The highest BCUT2D eigenvalue weighted by Gasteiger charge is 2.10. The van der Waals surface area contributed by atoms with E-state index in [-0.39, 0.29) is 12.2 Å². The van der Waals surface area contributed by atoms with E-state index in [4.69, 9.17) is 9.47 Å². The molecule has 0 aliphatic carbocycles. The molecule has 0 radical (unpaired) electrons. The van der Waals surface area contributed by atoms with Gasteiger partial charge in [-0.15, -0.1) is 0 Å². The van der Waals surface area contributed by atoms with E-state index >= 15 is 0 Å². The highest BCUT2D eigenvalue weighted by molar-refractivity contribution is 5.75. The van der Waals surface area contributed by atoms with Crippen LogP contribution in [0.25, 0.3) is 0 Å². The number of methoxy groups -OCH3 is 1. The predicted molar refractivity (Wildman–Crippen MR) is 73.5 cm³/mol. The Bertz CT molecular complexity index is 623. The molecule has 2 rings (SSSR count). The first-order chi connectivity index (χ1) is 9.60. The van der Waals surface area contributed by atoms with Gasteiger partial charge in [0.1, 0.15) is 5.75 Å². The Morgan fingerprint density at radius 1 is 1.15 bits per heavy atom. The number of benzene rings is 2. The molecule has 0 aliphatic rings. The average molecular weight is 274 g/mol. The number of hydrogen-bond acceptors (Lipinski definition) is 3. The molecule has 0 aromatic heterocycles. The molecular weight excluding hydrogens is 259 g/mol. The Hall–Kier alpha value is -2.36. The van der Waals surface area contributed by atoms with Crippen LogP contribution in [0.15, 0.2) is 42.5 Å². The molecule has 2 aromatic rings. The number of esters is 1. The summed E-state index contributed by atoms with van der Waals surface area (Å²) in [6.07, 6.45) is 0.0605. The van der Waals surface area contributed by atoms with Crippen molar-refractivity contribution in [3.05, 3.63) is 59.4 Å². The van der Waals surface area contributed by atoms with Gasteiger partial charge in [-0.1, -0.05) is 24.3 Å². The van der Waals surface area contributed by atoms with Gasteiger partial charge >= 0.3 is 5.97 Å². The van der Waals surface area contributed by atoms with Crippen LogP contribution in [0, 0.1) is 12.7 Å². The topological polar surface area (TPSA) is 35.5 Å². The van der Waals surface area contributed by atoms with Crippen LogP contribution in [0.4, 0.5) is 4.39 Å². The number of carbonyl (C=O) groups is 1. The van der Waals surface area contributed by atoms with Gasteiger partial charge in [-0.05, 0) is 36.2 Å². The largest absolute Gasteiger partial charge is 0.496 e. The lowest BCUT2D eigenvalue weighted by Gasteiger charge is -2.08. The fraction of sp³-hybridized carbons (Fsp3) is 0.188. The summed E-state index contributed by atoms with van der Waals surface area (Å²) in [6, 6.07) is 11.3. The summed E-state index contributed by atoms with van der Waals surface area (Å²) in [7, 11) is 1.57. The number of para-hydroxylation sites is 1. The monoisotopic (exact) mass is 274 g/mol. The maximum absolute atomic E-state index is 13.4. The van der Waals surface area contributed by atoms with Crippen LogP contribution in [0.3, 0.4) is 0 Å². The Balaban J connectivity index is 2.07. The van der Waals surface area contributed by atoms with E-state index in [9.17, 15) is 9.18 Å². The van der Waals surface area contributed by atoms with Crippen molar-refractivity contribution in [2.75, 3.05) is 7.11 Å². The molecule has 0 atom stereocenters. The molecule has 0 saturated heterocycles. The first-order valence-corrected chi connectivity index (χ1v) is 6.19. The zero-order valence-corrected chi connectivity index (χ0v) is 11.4. The SMILES string of the molecule is COc1cc(CC(=O)Oc2ccccc2F)ccc1C. The van der Waals surface area contributed by atoms with Crippen LogP contribution in [0.1, 0.15) is 11.1 Å². The third-order valence-corrected chi connectivity index (χ3v) is 2.88. The summed E-state index contributed by atoms with van der Waals surface area (Å²) in [4.78, 5) is 11.8. The molecule has 20 heavy (non-hydrogen) atoms. The summed E-state index contributed by atoms with van der Waals surface area (Å²) in [6.45, 7) is 1.92. The van der Waals surface area contributed by atoms with E-state index < -0.39 is 11.8 Å². The van der Waals surface area contributed by atoms with E-state index in [1.807, 2.05) is 19.1 Å². The lowest BCUT2D eigenvalue weighted by atomic mass is 10.1. The van der Waals surface area contributed by atoms with Crippen LogP contribution in [-0.4, -0.2) is 13.1 Å². The molecule has 0 bridgehead atoms. The van der Waals surface area contributed by atoms with E-state index in [2.05, 4.69) is 0 Å². The van der Waals surface area contributed by atoms with Gasteiger partial charge in [0.05, 0.1) is 13.5 Å². The van der Waals surface area contributed by atoms with E-state index in [0.717, 1.165) is 11.1 Å². The molecule has 0 aliphatic heterocycles. The lowest BCUT2D eigenvalue weighted by Crippen LogP contribution is -2.12. The van der Waals surface area contributed by atoms with Crippen LogP contribution in [0.5, 0.6) is 11.5 Å². The fourth-order valence-corrected chi connectivity index (χ4v) is 1.83. The van der Waals surface area contributed by atoms with E-state index in [1.54, 1.807) is 19.2 Å². The van der Waals surface area contributed by atoms with Gasteiger partial charge in [-0.25, -0.2) is 4.39 Å².